The maximum absolute atomic E-state index is 11.4. The van der Waals surface area contributed by atoms with Crippen LogP contribution in [0.25, 0.3) is 10.2 Å². The van der Waals surface area contributed by atoms with E-state index < -0.39 is 5.97 Å². The first-order chi connectivity index (χ1) is 11.1. The zero-order valence-electron chi connectivity index (χ0n) is 13.1. The normalized spacial score (nSPS) is 24.6. The summed E-state index contributed by atoms with van der Waals surface area (Å²) in [4.78, 5) is 25.5. The van der Waals surface area contributed by atoms with Gasteiger partial charge in [0.1, 0.15) is 23.0 Å². The molecule has 0 amide bonds. The number of piperidine rings is 1. The summed E-state index contributed by atoms with van der Waals surface area (Å²) in [5.74, 6) is 0.329. The van der Waals surface area contributed by atoms with Crippen LogP contribution in [-0.2, 0) is 4.79 Å². The lowest BCUT2D eigenvalue weighted by Crippen LogP contribution is -2.41. The van der Waals surface area contributed by atoms with Gasteiger partial charge in [-0.15, -0.1) is 11.3 Å². The predicted molar refractivity (Wildman–Crippen MR) is 90.0 cm³/mol. The third-order valence-electron chi connectivity index (χ3n) is 5.39. The Morgan fingerprint density at radius 1 is 1.39 bits per heavy atom. The molecule has 2 aromatic heterocycles. The minimum atomic E-state index is -0.692. The van der Waals surface area contributed by atoms with Crippen molar-refractivity contribution in [3.05, 3.63) is 17.8 Å². The number of hydrogen-bond donors (Lipinski definition) is 1. The lowest BCUT2D eigenvalue weighted by atomic mass is 9.76. The highest BCUT2D eigenvalue weighted by Gasteiger charge is 2.46. The number of carboxylic acid groups (broad SMARTS) is 1. The predicted octanol–water partition coefficient (Wildman–Crippen LogP) is 2.07. The van der Waals surface area contributed by atoms with Crippen molar-refractivity contribution < 1.29 is 9.90 Å². The van der Waals surface area contributed by atoms with E-state index in [4.69, 9.17) is 0 Å². The molecule has 4 rings (SSSR count). The molecule has 2 aliphatic rings. The van der Waals surface area contributed by atoms with Gasteiger partial charge in [0.2, 0.25) is 0 Å². The first-order valence-corrected chi connectivity index (χ1v) is 8.82. The largest absolute Gasteiger partial charge is 0.480 e. The van der Waals surface area contributed by atoms with Gasteiger partial charge in [0.25, 0.3) is 0 Å². The van der Waals surface area contributed by atoms with Crippen LogP contribution in [0.3, 0.4) is 0 Å². The third kappa shape index (κ3) is 2.48. The van der Waals surface area contributed by atoms with Crippen molar-refractivity contribution in [2.75, 3.05) is 31.6 Å². The van der Waals surface area contributed by atoms with Crippen molar-refractivity contribution in [3.63, 3.8) is 0 Å². The lowest BCUT2D eigenvalue weighted by molar-refractivity contribution is -0.141. The fourth-order valence-electron chi connectivity index (χ4n) is 4.13. The Morgan fingerprint density at radius 3 is 2.87 bits per heavy atom. The van der Waals surface area contributed by atoms with Crippen molar-refractivity contribution in [3.8, 4) is 0 Å². The Morgan fingerprint density at radius 2 is 2.17 bits per heavy atom. The van der Waals surface area contributed by atoms with E-state index in [0.717, 1.165) is 54.9 Å². The average Bonchev–Trinajstić information content (AvgIpc) is 3.13. The summed E-state index contributed by atoms with van der Waals surface area (Å²) in [5, 5.41) is 12.5. The highest BCUT2D eigenvalue weighted by atomic mass is 32.1. The molecule has 1 unspecified atom stereocenters. The number of fused-ring (bicyclic) bond motifs is 1. The molecule has 6 nitrogen and oxygen atoms in total. The molecule has 2 fully saturated rings. The highest BCUT2D eigenvalue weighted by molar-refractivity contribution is 7.16. The number of carboxylic acids is 1. The first kappa shape index (κ1) is 14.8. The van der Waals surface area contributed by atoms with Crippen LogP contribution >= 0.6 is 11.3 Å². The van der Waals surface area contributed by atoms with Gasteiger partial charge in [-0.05, 0) is 43.2 Å². The zero-order valence-corrected chi connectivity index (χ0v) is 13.9. The van der Waals surface area contributed by atoms with Crippen LogP contribution in [0.1, 0.15) is 19.3 Å². The summed E-state index contributed by atoms with van der Waals surface area (Å²) in [5.41, 5.74) is 0.148. The fourth-order valence-corrected chi connectivity index (χ4v) is 4.86. The van der Waals surface area contributed by atoms with Gasteiger partial charge >= 0.3 is 5.97 Å². The number of likely N-dealkylation sites (tertiary alicyclic amines) is 1. The molecule has 0 bridgehead atoms. The van der Waals surface area contributed by atoms with Crippen molar-refractivity contribution in [2.45, 2.75) is 25.3 Å². The van der Waals surface area contributed by atoms with Crippen molar-refractivity contribution >= 4 is 33.3 Å². The van der Waals surface area contributed by atoms with Gasteiger partial charge in [-0.25, -0.2) is 9.97 Å². The SMILES string of the molecule is CN1CC2(CCN(c3ncnc4sccc34)CC2)CC1C(=O)O. The standard InChI is InChI=1S/C16H20N4O2S/c1-19-9-16(8-12(19)15(21)22)3-5-20(6-4-16)13-11-2-7-23-14(11)18-10-17-13/h2,7,10,12H,3-6,8-9H2,1H3,(H,21,22). The third-order valence-corrected chi connectivity index (χ3v) is 6.21. The molecule has 4 heterocycles. The number of hydrogen-bond acceptors (Lipinski definition) is 6. The summed E-state index contributed by atoms with van der Waals surface area (Å²) in [6, 6.07) is 1.76. The molecular formula is C16H20N4O2S. The summed E-state index contributed by atoms with van der Waals surface area (Å²) >= 11 is 1.64. The molecule has 7 heteroatoms. The number of rotatable bonds is 2. The molecule has 2 aliphatic heterocycles. The van der Waals surface area contributed by atoms with Gasteiger partial charge in [-0.3, -0.25) is 9.69 Å². The number of aliphatic carboxylic acids is 1. The van der Waals surface area contributed by atoms with Gasteiger partial charge in [-0.1, -0.05) is 0 Å². The highest BCUT2D eigenvalue weighted by Crippen LogP contribution is 2.44. The van der Waals surface area contributed by atoms with Crippen molar-refractivity contribution in [1.82, 2.24) is 14.9 Å². The molecule has 122 valence electrons. The van der Waals surface area contributed by atoms with E-state index in [0.29, 0.717) is 0 Å². The second-order valence-electron chi connectivity index (χ2n) is 6.80. The number of carbonyl (C=O) groups is 1. The summed E-state index contributed by atoms with van der Waals surface area (Å²) in [6.07, 6.45) is 4.46. The molecule has 0 aliphatic carbocycles. The van der Waals surface area contributed by atoms with Crippen molar-refractivity contribution in [2.24, 2.45) is 5.41 Å². The summed E-state index contributed by atoms with van der Waals surface area (Å²) < 4.78 is 0. The average molecular weight is 332 g/mol. The molecule has 1 N–H and O–H groups in total. The quantitative estimate of drug-likeness (QED) is 0.908. The van der Waals surface area contributed by atoms with Gasteiger partial charge < -0.3 is 10.0 Å². The second-order valence-corrected chi connectivity index (χ2v) is 7.69. The minimum absolute atomic E-state index is 0.148. The molecule has 0 aromatic carbocycles. The number of thiophene rings is 1. The molecule has 2 saturated heterocycles. The van der Waals surface area contributed by atoms with E-state index in [-0.39, 0.29) is 11.5 Å². The van der Waals surface area contributed by atoms with Crippen LogP contribution in [-0.4, -0.2) is 58.7 Å². The fraction of sp³-hybridized carbons (Fsp3) is 0.562. The van der Waals surface area contributed by atoms with E-state index >= 15 is 0 Å². The van der Waals surface area contributed by atoms with Crippen LogP contribution in [0.5, 0.6) is 0 Å². The van der Waals surface area contributed by atoms with Crippen LogP contribution in [0.2, 0.25) is 0 Å². The van der Waals surface area contributed by atoms with Crippen LogP contribution in [0.15, 0.2) is 17.8 Å². The van der Waals surface area contributed by atoms with E-state index in [1.165, 1.54) is 0 Å². The van der Waals surface area contributed by atoms with E-state index in [1.807, 2.05) is 11.9 Å². The molecule has 1 spiro atoms. The number of anilines is 1. The topological polar surface area (TPSA) is 69.6 Å². The van der Waals surface area contributed by atoms with E-state index in [2.05, 4.69) is 26.3 Å². The van der Waals surface area contributed by atoms with Gasteiger partial charge in [-0.2, -0.15) is 0 Å². The molecular weight excluding hydrogens is 312 g/mol. The smallest absolute Gasteiger partial charge is 0.320 e. The van der Waals surface area contributed by atoms with E-state index in [9.17, 15) is 9.90 Å². The Balaban J connectivity index is 1.52. The molecule has 0 radical (unpaired) electrons. The lowest BCUT2D eigenvalue weighted by Gasteiger charge is -2.39. The van der Waals surface area contributed by atoms with Gasteiger partial charge in [0, 0.05) is 19.6 Å². The molecule has 23 heavy (non-hydrogen) atoms. The number of nitrogens with zero attached hydrogens (tertiary/aromatic N) is 4. The van der Waals surface area contributed by atoms with Crippen LogP contribution in [0, 0.1) is 5.41 Å². The zero-order chi connectivity index (χ0) is 16.0. The summed E-state index contributed by atoms with van der Waals surface area (Å²) in [7, 11) is 1.93. The monoisotopic (exact) mass is 332 g/mol. The number of aromatic nitrogens is 2. The molecule has 0 saturated carbocycles. The van der Waals surface area contributed by atoms with Gasteiger partial charge in [0.05, 0.1) is 5.39 Å². The number of likely N-dealkylation sites (N-methyl/N-ethyl adjacent to an activating group) is 1. The Bertz CT molecular complexity index is 739. The molecule has 1 atom stereocenters. The van der Waals surface area contributed by atoms with Crippen LogP contribution in [0.4, 0.5) is 5.82 Å². The summed E-state index contributed by atoms with van der Waals surface area (Å²) in [6.45, 7) is 2.75. The van der Waals surface area contributed by atoms with E-state index in [1.54, 1.807) is 17.7 Å². The van der Waals surface area contributed by atoms with Crippen LogP contribution < -0.4 is 4.90 Å². The Hall–Kier alpha value is -1.73. The second kappa shape index (κ2) is 5.42. The maximum atomic E-state index is 11.4. The van der Waals surface area contributed by atoms with Gasteiger partial charge in [0.15, 0.2) is 0 Å². The Labute approximate surface area is 138 Å². The Kier molecular flexibility index (Phi) is 3.50. The minimum Gasteiger partial charge on any atom is -0.480 e. The maximum Gasteiger partial charge on any atom is 0.320 e. The molecule has 2 aromatic rings. The first-order valence-electron chi connectivity index (χ1n) is 7.94. The van der Waals surface area contributed by atoms with Crippen molar-refractivity contribution in [1.29, 1.82) is 0 Å².